The van der Waals surface area contributed by atoms with E-state index >= 15 is 0 Å². The monoisotopic (exact) mass is 138 g/mol. The van der Waals surface area contributed by atoms with Gasteiger partial charge in [-0.15, -0.1) is 0 Å². The van der Waals surface area contributed by atoms with Gasteiger partial charge in [-0.25, -0.2) is 0 Å². The third-order valence-corrected chi connectivity index (χ3v) is 4.46. The Balaban J connectivity index is 2.20. The van der Waals surface area contributed by atoms with E-state index in [1.165, 1.54) is 25.7 Å². The van der Waals surface area contributed by atoms with E-state index in [4.69, 9.17) is 0 Å². The minimum atomic E-state index is 0.741. The predicted molar refractivity (Wildman–Crippen MR) is 43.8 cm³/mol. The Bertz CT molecular complexity index is 161. The van der Waals surface area contributed by atoms with Crippen LogP contribution in [-0.4, -0.2) is 0 Å². The Morgan fingerprint density at radius 1 is 1.30 bits per heavy atom. The summed E-state index contributed by atoms with van der Waals surface area (Å²) in [7, 11) is 0. The average molecular weight is 138 g/mol. The first-order chi connectivity index (χ1) is 4.58. The SMILES string of the molecule is CC1CCCC2(C)CC12C. The summed E-state index contributed by atoms with van der Waals surface area (Å²) in [6.07, 6.45) is 5.95. The van der Waals surface area contributed by atoms with E-state index in [1.54, 1.807) is 0 Å². The minimum Gasteiger partial charge on any atom is -0.0620 e. The number of hydrogen-bond donors (Lipinski definition) is 0. The Labute approximate surface area is 64.0 Å². The van der Waals surface area contributed by atoms with Crippen LogP contribution in [0.4, 0.5) is 0 Å². The normalized spacial score (nSPS) is 59.7. The Hall–Kier alpha value is 0. The fourth-order valence-corrected chi connectivity index (χ4v) is 3.03. The third kappa shape index (κ3) is 0.580. The first-order valence-electron chi connectivity index (χ1n) is 4.58. The lowest BCUT2D eigenvalue weighted by Crippen LogP contribution is -2.21. The molecule has 0 saturated heterocycles. The molecule has 0 heteroatoms. The van der Waals surface area contributed by atoms with E-state index in [2.05, 4.69) is 20.8 Å². The molecule has 0 aromatic rings. The van der Waals surface area contributed by atoms with Gasteiger partial charge in [0.15, 0.2) is 0 Å². The molecule has 0 bridgehead atoms. The lowest BCUT2D eigenvalue weighted by atomic mass is 9.75. The highest BCUT2D eigenvalue weighted by atomic mass is 14.7. The molecule has 0 amide bonds. The van der Waals surface area contributed by atoms with E-state index in [0.29, 0.717) is 0 Å². The van der Waals surface area contributed by atoms with Gasteiger partial charge in [-0.1, -0.05) is 33.6 Å². The summed E-state index contributed by atoms with van der Waals surface area (Å²) >= 11 is 0. The van der Waals surface area contributed by atoms with Crippen LogP contribution in [0.3, 0.4) is 0 Å². The van der Waals surface area contributed by atoms with Gasteiger partial charge in [0, 0.05) is 0 Å². The van der Waals surface area contributed by atoms with Gasteiger partial charge in [-0.2, -0.15) is 0 Å². The first kappa shape index (κ1) is 6.69. The van der Waals surface area contributed by atoms with Gasteiger partial charge in [-0.05, 0) is 29.6 Å². The van der Waals surface area contributed by atoms with Crippen molar-refractivity contribution in [3.8, 4) is 0 Å². The predicted octanol–water partition coefficient (Wildman–Crippen LogP) is 3.22. The Morgan fingerprint density at radius 2 is 2.00 bits per heavy atom. The molecule has 2 aliphatic carbocycles. The number of fused-ring (bicyclic) bond motifs is 1. The van der Waals surface area contributed by atoms with Crippen molar-refractivity contribution in [1.82, 2.24) is 0 Å². The van der Waals surface area contributed by atoms with Crippen LogP contribution in [0.2, 0.25) is 0 Å². The van der Waals surface area contributed by atoms with Crippen molar-refractivity contribution in [3.63, 3.8) is 0 Å². The van der Waals surface area contributed by atoms with Gasteiger partial charge >= 0.3 is 0 Å². The van der Waals surface area contributed by atoms with Gasteiger partial charge in [-0.3, -0.25) is 0 Å². The molecule has 10 heavy (non-hydrogen) atoms. The third-order valence-electron chi connectivity index (χ3n) is 4.46. The van der Waals surface area contributed by atoms with E-state index in [-0.39, 0.29) is 0 Å². The summed E-state index contributed by atoms with van der Waals surface area (Å²) in [6, 6.07) is 0. The summed E-state index contributed by atoms with van der Waals surface area (Å²) in [4.78, 5) is 0. The van der Waals surface area contributed by atoms with Gasteiger partial charge in [0.2, 0.25) is 0 Å². The van der Waals surface area contributed by atoms with Crippen molar-refractivity contribution in [3.05, 3.63) is 0 Å². The van der Waals surface area contributed by atoms with Gasteiger partial charge in [0.25, 0.3) is 0 Å². The molecule has 0 radical (unpaired) electrons. The fourth-order valence-electron chi connectivity index (χ4n) is 3.03. The Kier molecular flexibility index (Phi) is 1.07. The highest BCUT2D eigenvalue weighted by Gasteiger charge is 2.63. The van der Waals surface area contributed by atoms with E-state index in [9.17, 15) is 0 Å². The first-order valence-corrected chi connectivity index (χ1v) is 4.58. The summed E-state index contributed by atoms with van der Waals surface area (Å²) in [5.74, 6) is 0.992. The van der Waals surface area contributed by atoms with Gasteiger partial charge in [0.05, 0.1) is 0 Å². The van der Waals surface area contributed by atoms with Crippen LogP contribution in [0, 0.1) is 16.7 Å². The molecule has 2 fully saturated rings. The highest BCUT2D eigenvalue weighted by Crippen LogP contribution is 2.72. The van der Waals surface area contributed by atoms with Crippen molar-refractivity contribution in [2.24, 2.45) is 16.7 Å². The molecule has 2 saturated carbocycles. The summed E-state index contributed by atoms with van der Waals surface area (Å²) in [5.41, 5.74) is 1.50. The zero-order valence-electron chi connectivity index (χ0n) is 7.41. The Morgan fingerprint density at radius 3 is 2.50 bits per heavy atom. The summed E-state index contributed by atoms with van der Waals surface area (Å²) < 4.78 is 0. The quantitative estimate of drug-likeness (QED) is 0.482. The van der Waals surface area contributed by atoms with Gasteiger partial charge in [0.1, 0.15) is 0 Å². The molecule has 0 aliphatic heterocycles. The second-order valence-electron chi connectivity index (χ2n) is 4.95. The molecule has 0 spiro atoms. The molecule has 0 aromatic heterocycles. The second kappa shape index (κ2) is 1.60. The standard InChI is InChI=1S/C10H18/c1-8-5-4-6-9(2)7-10(8,9)3/h8H,4-7H2,1-3H3. The number of rotatable bonds is 0. The van der Waals surface area contributed by atoms with E-state index in [1.807, 2.05) is 0 Å². The van der Waals surface area contributed by atoms with Crippen LogP contribution in [0.15, 0.2) is 0 Å². The topological polar surface area (TPSA) is 0 Å². The maximum atomic E-state index is 2.48. The fraction of sp³-hybridized carbons (Fsp3) is 1.00. The lowest BCUT2D eigenvalue weighted by Gasteiger charge is -2.30. The summed E-state index contributed by atoms with van der Waals surface area (Å²) in [6.45, 7) is 7.39. The molecule has 0 heterocycles. The molecular weight excluding hydrogens is 120 g/mol. The molecule has 2 rings (SSSR count). The molecule has 0 N–H and O–H groups in total. The van der Waals surface area contributed by atoms with Crippen LogP contribution >= 0.6 is 0 Å². The molecule has 0 aromatic carbocycles. The van der Waals surface area contributed by atoms with Crippen molar-refractivity contribution >= 4 is 0 Å². The zero-order chi connectivity index (χ0) is 7.41. The van der Waals surface area contributed by atoms with Crippen molar-refractivity contribution in [2.75, 3.05) is 0 Å². The van der Waals surface area contributed by atoms with Crippen LogP contribution in [-0.2, 0) is 0 Å². The van der Waals surface area contributed by atoms with Crippen molar-refractivity contribution in [2.45, 2.75) is 46.5 Å². The molecular formula is C10H18. The average Bonchev–Trinajstić information content (AvgIpc) is 2.38. The minimum absolute atomic E-state index is 0.741. The lowest BCUT2D eigenvalue weighted by molar-refractivity contribution is 0.196. The maximum Gasteiger partial charge on any atom is -0.0241 e. The van der Waals surface area contributed by atoms with Crippen LogP contribution in [0.1, 0.15) is 46.5 Å². The van der Waals surface area contributed by atoms with Gasteiger partial charge < -0.3 is 0 Å². The zero-order valence-corrected chi connectivity index (χ0v) is 7.41. The maximum absolute atomic E-state index is 2.48. The molecule has 3 atom stereocenters. The highest BCUT2D eigenvalue weighted by molar-refractivity contribution is 5.13. The van der Waals surface area contributed by atoms with Crippen molar-refractivity contribution in [1.29, 1.82) is 0 Å². The van der Waals surface area contributed by atoms with E-state index < -0.39 is 0 Å². The molecule has 0 nitrogen and oxygen atoms in total. The summed E-state index contributed by atoms with van der Waals surface area (Å²) in [5, 5.41) is 0. The smallest absolute Gasteiger partial charge is 0.0241 e. The molecule has 2 aliphatic rings. The van der Waals surface area contributed by atoms with Crippen LogP contribution < -0.4 is 0 Å². The molecule has 3 unspecified atom stereocenters. The second-order valence-corrected chi connectivity index (χ2v) is 4.95. The van der Waals surface area contributed by atoms with Crippen LogP contribution in [0.25, 0.3) is 0 Å². The van der Waals surface area contributed by atoms with Crippen LogP contribution in [0.5, 0.6) is 0 Å². The van der Waals surface area contributed by atoms with E-state index in [0.717, 1.165) is 16.7 Å². The largest absolute Gasteiger partial charge is 0.0620 e. The number of hydrogen-bond acceptors (Lipinski definition) is 0. The van der Waals surface area contributed by atoms with Crippen molar-refractivity contribution < 1.29 is 0 Å². The molecule has 58 valence electrons.